The first-order valence-electron chi connectivity index (χ1n) is 11.7. The fourth-order valence-corrected chi connectivity index (χ4v) is 4.81. The molecule has 0 unspecified atom stereocenters. The Labute approximate surface area is 202 Å². The predicted octanol–water partition coefficient (Wildman–Crippen LogP) is 8.53. The molecule has 7 rings (SSSR count). The molecule has 0 saturated carbocycles. The van der Waals surface area contributed by atoms with Crippen LogP contribution in [0.25, 0.3) is 66.6 Å². The van der Waals surface area contributed by atoms with Crippen molar-refractivity contribution >= 4 is 33.0 Å². The summed E-state index contributed by atoms with van der Waals surface area (Å²) in [5.41, 5.74) is 9.61. The number of para-hydroxylation sites is 3. The van der Waals surface area contributed by atoms with Gasteiger partial charge in [-0.25, -0.2) is 9.97 Å². The number of fused-ring (bicyclic) bond motifs is 4. The molecule has 0 spiro atoms. The maximum absolute atomic E-state index is 6.16. The van der Waals surface area contributed by atoms with Gasteiger partial charge in [0.1, 0.15) is 11.2 Å². The minimum Gasteiger partial charge on any atom is -0.456 e. The Balaban J connectivity index is 1.49. The fourth-order valence-electron chi connectivity index (χ4n) is 4.81. The highest BCUT2D eigenvalue weighted by Crippen LogP contribution is 2.39. The van der Waals surface area contributed by atoms with Gasteiger partial charge in [-0.2, -0.15) is 0 Å². The second-order valence-corrected chi connectivity index (χ2v) is 8.63. The molecule has 0 amide bonds. The predicted molar refractivity (Wildman–Crippen MR) is 143 cm³/mol. The monoisotopic (exact) mass is 448 g/mol. The second-order valence-electron chi connectivity index (χ2n) is 8.63. The molecular weight excluding hydrogens is 428 g/mol. The average Bonchev–Trinajstić information content (AvgIpc) is 3.32. The Morgan fingerprint density at radius 3 is 1.83 bits per heavy atom. The molecule has 0 aliphatic carbocycles. The van der Waals surface area contributed by atoms with Crippen molar-refractivity contribution in [1.82, 2.24) is 9.97 Å². The van der Waals surface area contributed by atoms with Gasteiger partial charge in [-0.15, -0.1) is 0 Å². The maximum Gasteiger partial charge on any atom is 0.136 e. The summed E-state index contributed by atoms with van der Waals surface area (Å²) < 4.78 is 6.16. The number of rotatable bonds is 3. The molecule has 0 aliphatic heterocycles. The van der Waals surface area contributed by atoms with E-state index in [0.717, 1.165) is 55.5 Å². The first kappa shape index (κ1) is 19.7. The van der Waals surface area contributed by atoms with E-state index in [2.05, 4.69) is 60.7 Å². The minimum atomic E-state index is 0.851. The van der Waals surface area contributed by atoms with E-state index in [1.54, 1.807) is 0 Å². The zero-order valence-electron chi connectivity index (χ0n) is 18.8. The van der Waals surface area contributed by atoms with Crippen molar-refractivity contribution in [2.45, 2.75) is 0 Å². The molecule has 2 heterocycles. The van der Waals surface area contributed by atoms with Crippen LogP contribution in [0.15, 0.2) is 126 Å². The SMILES string of the molecule is c1ccc(-c2ccc(-c3nc4ccccc4nc3-c3cccc4oc5ccccc5c34)cc2)cc1. The highest BCUT2D eigenvalue weighted by Gasteiger charge is 2.18. The van der Waals surface area contributed by atoms with Crippen LogP contribution in [0.2, 0.25) is 0 Å². The van der Waals surface area contributed by atoms with Gasteiger partial charge in [-0.05, 0) is 35.4 Å². The van der Waals surface area contributed by atoms with Crippen molar-refractivity contribution in [3.05, 3.63) is 121 Å². The van der Waals surface area contributed by atoms with Crippen molar-refractivity contribution in [2.24, 2.45) is 0 Å². The topological polar surface area (TPSA) is 38.9 Å². The van der Waals surface area contributed by atoms with Crippen molar-refractivity contribution < 1.29 is 4.42 Å². The van der Waals surface area contributed by atoms with Gasteiger partial charge in [-0.1, -0.05) is 97.1 Å². The summed E-state index contributed by atoms with van der Waals surface area (Å²) in [5, 5.41) is 2.15. The molecule has 0 atom stereocenters. The molecule has 0 radical (unpaired) electrons. The maximum atomic E-state index is 6.16. The summed E-state index contributed by atoms with van der Waals surface area (Å²) in [6.07, 6.45) is 0. The molecule has 3 nitrogen and oxygen atoms in total. The van der Waals surface area contributed by atoms with Gasteiger partial charge in [0.2, 0.25) is 0 Å². The fraction of sp³-hybridized carbons (Fsp3) is 0. The van der Waals surface area contributed by atoms with E-state index < -0.39 is 0 Å². The molecule has 3 heteroatoms. The molecule has 5 aromatic carbocycles. The van der Waals surface area contributed by atoms with E-state index in [1.165, 1.54) is 11.1 Å². The highest BCUT2D eigenvalue weighted by atomic mass is 16.3. The molecule has 2 aromatic heterocycles. The zero-order valence-corrected chi connectivity index (χ0v) is 18.8. The summed E-state index contributed by atoms with van der Waals surface area (Å²) >= 11 is 0. The number of hydrogen-bond acceptors (Lipinski definition) is 3. The standard InChI is InChI=1S/C32H20N2O/c1-2-9-21(10-3-1)22-17-19-23(20-18-22)31-32(34-27-14-6-5-13-26(27)33-31)25-12-8-16-29-30(25)24-11-4-7-15-28(24)35-29/h1-20H. The molecule has 0 aliphatic rings. The van der Waals surface area contributed by atoms with Crippen LogP contribution in [-0.4, -0.2) is 9.97 Å². The largest absolute Gasteiger partial charge is 0.456 e. The first-order valence-corrected chi connectivity index (χ1v) is 11.7. The van der Waals surface area contributed by atoms with Crippen molar-refractivity contribution in [1.29, 1.82) is 0 Å². The Hall–Kier alpha value is -4.76. The van der Waals surface area contributed by atoms with Gasteiger partial charge >= 0.3 is 0 Å². The van der Waals surface area contributed by atoms with Gasteiger partial charge < -0.3 is 4.42 Å². The third kappa shape index (κ3) is 3.29. The molecule has 0 bridgehead atoms. The van der Waals surface area contributed by atoms with E-state index in [1.807, 2.05) is 60.7 Å². The minimum absolute atomic E-state index is 0.851. The van der Waals surface area contributed by atoms with Crippen molar-refractivity contribution in [3.63, 3.8) is 0 Å². The van der Waals surface area contributed by atoms with Crippen LogP contribution in [-0.2, 0) is 0 Å². The normalized spacial score (nSPS) is 11.4. The molecule has 0 fully saturated rings. The van der Waals surface area contributed by atoms with E-state index in [-0.39, 0.29) is 0 Å². The number of furan rings is 1. The van der Waals surface area contributed by atoms with Gasteiger partial charge in [0.05, 0.1) is 22.4 Å². The third-order valence-electron chi connectivity index (χ3n) is 6.49. The molecule has 0 N–H and O–H groups in total. The van der Waals surface area contributed by atoms with Crippen LogP contribution in [0.3, 0.4) is 0 Å². The molecule has 164 valence electrons. The number of aromatic nitrogens is 2. The number of nitrogens with zero attached hydrogens (tertiary/aromatic N) is 2. The quantitative estimate of drug-likeness (QED) is 0.272. The third-order valence-corrected chi connectivity index (χ3v) is 6.49. The van der Waals surface area contributed by atoms with Crippen LogP contribution >= 0.6 is 0 Å². The van der Waals surface area contributed by atoms with Gasteiger partial charge in [0, 0.05) is 21.9 Å². The van der Waals surface area contributed by atoms with Gasteiger partial charge in [-0.3, -0.25) is 0 Å². The van der Waals surface area contributed by atoms with Crippen LogP contribution in [0, 0.1) is 0 Å². The lowest BCUT2D eigenvalue weighted by molar-refractivity contribution is 0.669. The van der Waals surface area contributed by atoms with Crippen LogP contribution in [0.4, 0.5) is 0 Å². The summed E-state index contributed by atoms with van der Waals surface area (Å²) in [7, 11) is 0. The number of hydrogen-bond donors (Lipinski definition) is 0. The van der Waals surface area contributed by atoms with E-state index in [9.17, 15) is 0 Å². The Kier molecular flexibility index (Phi) is 4.46. The smallest absolute Gasteiger partial charge is 0.136 e. The number of benzene rings is 5. The summed E-state index contributed by atoms with van der Waals surface area (Å²) in [6, 6.07) is 41.3. The summed E-state index contributed by atoms with van der Waals surface area (Å²) in [5.74, 6) is 0. The molecule has 35 heavy (non-hydrogen) atoms. The Morgan fingerprint density at radius 1 is 0.429 bits per heavy atom. The second kappa shape index (κ2) is 7.93. The lowest BCUT2D eigenvalue weighted by atomic mass is 9.97. The van der Waals surface area contributed by atoms with Gasteiger partial charge in [0.25, 0.3) is 0 Å². The lowest BCUT2D eigenvalue weighted by Gasteiger charge is -2.12. The lowest BCUT2D eigenvalue weighted by Crippen LogP contribution is -1.96. The molecule has 0 saturated heterocycles. The van der Waals surface area contributed by atoms with Crippen LogP contribution < -0.4 is 0 Å². The highest BCUT2D eigenvalue weighted by molar-refractivity contribution is 6.13. The van der Waals surface area contributed by atoms with Crippen molar-refractivity contribution in [2.75, 3.05) is 0 Å². The van der Waals surface area contributed by atoms with Crippen LogP contribution in [0.1, 0.15) is 0 Å². The van der Waals surface area contributed by atoms with E-state index in [4.69, 9.17) is 14.4 Å². The average molecular weight is 449 g/mol. The van der Waals surface area contributed by atoms with Crippen molar-refractivity contribution in [3.8, 4) is 33.6 Å². The summed E-state index contributed by atoms with van der Waals surface area (Å²) in [6.45, 7) is 0. The molecular formula is C32H20N2O. The van der Waals surface area contributed by atoms with Crippen LogP contribution in [0.5, 0.6) is 0 Å². The van der Waals surface area contributed by atoms with E-state index >= 15 is 0 Å². The van der Waals surface area contributed by atoms with Gasteiger partial charge in [0.15, 0.2) is 0 Å². The zero-order chi connectivity index (χ0) is 23.2. The first-order chi connectivity index (χ1) is 17.3. The Morgan fingerprint density at radius 2 is 1.03 bits per heavy atom. The summed E-state index contributed by atoms with van der Waals surface area (Å²) in [4.78, 5) is 10.2. The van der Waals surface area contributed by atoms with E-state index in [0.29, 0.717) is 0 Å². The Bertz CT molecular complexity index is 1830. The molecule has 7 aromatic rings.